The molecule has 1 aliphatic rings. The largest absolute Gasteiger partial charge is 0.370 e. The molecule has 1 atom stereocenters. The Morgan fingerprint density at radius 2 is 2.16 bits per heavy atom. The molecule has 1 aliphatic heterocycles. The summed E-state index contributed by atoms with van der Waals surface area (Å²) in [5, 5.41) is 5.17. The van der Waals surface area contributed by atoms with Crippen molar-refractivity contribution in [2.45, 2.75) is 19.3 Å². The summed E-state index contributed by atoms with van der Waals surface area (Å²) in [7, 11) is 0. The van der Waals surface area contributed by atoms with Gasteiger partial charge in [0.1, 0.15) is 5.82 Å². The van der Waals surface area contributed by atoms with Crippen LogP contribution in [0.4, 0.5) is 5.82 Å². The van der Waals surface area contributed by atoms with E-state index in [1.165, 1.54) is 0 Å². The lowest BCUT2D eigenvalue weighted by molar-refractivity contribution is -0.118. The van der Waals surface area contributed by atoms with E-state index in [9.17, 15) is 4.79 Å². The predicted octanol–water partition coefficient (Wildman–Crippen LogP) is 3.45. The maximum Gasteiger partial charge on any atom is 0.217 e. The molecule has 0 radical (unpaired) electrons. The normalized spacial score (nSPS) is 17.8. The molecule has 1 aromatic carbocycles. The summed E-state index contributed by atoms with van der Waals surface area (Å²) in [5.41, 5.74) is 7.40. The summed E-state index contributed by atoms with van der Waals surface area (Å²) in [6.07, 6.45) is 2.53. The second-order valence-electron chi connectivity index (χ2n) is 6.52. The Kier molecular flexibility index (Phi) is 4.36. The minimum atomic E-state index is -0.224. The van der Waals surface area contributed by atoms with Crippen LogP contribution >= 0.6 is 11.3 Å². The smallest absolute Gasteiger partial charge is 0.217 e. The lowest BCUT2D eigenvalue weighted by Crippen LogP contribution is -2.37. The molecule has 25 heavy (non-hydrogen) atoms. The van der Waals surface area contributed by atoms with Crippen LogP contribution in [0.25, 0.3) is 22.3 Å². The van der Waals surface area contributed by atoms with Gasteiger partial charge in [0.05, 0.1) is 5.52 Å². The van der Waals surface area contributed by atoms with E-state index in [-0.39, 0.29) is 5.91 Å². The lowest BCUT2D eigenvalue weighted by atomic mass is 9.94. The zero-order chi connectivity index (χ0) is 17.2. The Morgan fingerprint density at radius 3 is 2.96 bits per heavy atom. The van der Waals surface area contributed by atoms with Crippen LogP contribution in [0.5, 0.6) is 0 Å². The number of hydrogen-bond acceptors (Lipinski definition) is 5. The fraction of sp³-hybridized carbons (Fsp3) is 0.316. The summed E-state index contributed by atoms with van der Waals surface area (Å²) in [5.74, 6) is 1.79. The third-order valence-corrected chi connectivity index (χ3v) is 5.35. The fourth-order valence-corrected chi connectivity index (χ4v) is 4.16. The highest BCUT2D eigenvalue weighted by molar-refractivity contribution is 7.08. The molecule has 5 nitrogen and oxygen atoms in total. The number of piperidine rings is 1. The Hall–Kier alpha value is -2.47. The first-order valence-corrected chi connectivity index (χ1v) is 9.47. The van der Waals surface area contributed by atoms with Gasteiger partial charge in [-0.05, 0) is 42.3 Å². The number of amides is 1. The van der Waals surface area contributed by atoms with E-state index >= 15 is 0 Å². The van der Waals surface area contributed by atoms with Crippen molar-refractivity contribution >= 4 is 34.0 Å². The van der Waals surface area contributed by atoms with Crippen molar-refractivity contribution in [1.82, 2.24) is 9.97 Å². The van der Waals surface area contributed by atoms with Crippen molar-refractivity contribution in [2.24, 2.45) is 11.7 Å². The van der Waals surface area contributed by atoms with Gasteiger partial charge in [-0.15, -0.1) is 0 Å². The fourth-order valence-electron chi connectivity index (χ4n) is 3.53. The minimum Gasteiger partial charge on any atom is -0.370 e. The number of aromatic nitrogens is 2. The molecule has 1 amide bonds. The quantitative estimate of drug-likeness (QED) is 0.780. The SMILES string of the molecule is NC(=O)CC1CCCN(c2nc(-c3ccsc3)nc3ccccc23)C1. The monoisotopic (exact) mass is 352 g/mol. The van der Waals surface area contributed by atoms with Crippen LogP contribution in [0, 0.1) is 5.92 Å². The number of carbonyl (C=O) groups excluding carboxylic acids is 1. The molecule has 4 rings (SSSR count). The summed E-state index contributed by atoms with van der Waals surface area (Å²) in [4.78, 5) is 23.2. The second-order valence-corrected chi connectivity index (χ2v) is 7.30. The highest BCUT2D eigenvalue weighted by atomic mass is 32.1. The number of para-hydroxylation sites is 1. The summed E-state index contributed by atoms with van der Waals surface area (Å²) in [6.45, 7) is 1.76. The van der Waals surface area contributed by atoms with Crippen LogP contribution in [-0.2, 0) is 4.79 Å². The van der Waals surface area contributed by atoms with Crippen molar-refractivity contribution in [3.63, 3.8) is 0 Å². The molecule has 0 aliphatic carbocycles. The standard InChI is InChI=1S/C19H20N4OS/c20-17(24)10-13-4-3-8-23(11-13)19-15-5-1-2-6-16(15)21-18(22-19)14-7-9-25-12-14/h1-2,5-7,9,12-13H,3-4,8,10-11H2,(H2,20,24). The summed E-state index contributed by atoms with van der Waals surface area (Å²) in [6, 6.07) is 10.2. The molecule has 2 aromatic heterocycles. The Balaban J connectivity index is 1.76. The van der Waals surface area contributed by atoms with E-state index in [2.05, 4.69) is 16.3 Å². The number of primary amides is 1. The number of anilines is 1. The number of benzene rings is 1. The van der Waals surface area contributed by atoms with E-state index in [0.717, 1.165) is 54.0 Å². The second kappa shape index (κ2) is 6.80. The summed E-state index contributed by atoms with van der Waals surface area (Å²) < 4.78 is 0. The number of nitrogens with zero attached hydrogens (tertiary/aromatic N) is 3. The van der Waals surface area contributed by atoms with Crippen molar-refractivity contribution in [2.75, 3.05) is 18.0 Å². The van der Waals surface area contributed by atoms with Gasteiger partial charge in [0.2, 0.25) is 5.91 Å². The number of rotatable bonds is 4. The molecule has 0 saturated carbocycles. The van der Waals surface area contributed by atoms with Crippen molar-refractivity contribution in [3.05, 3.63) is 41.1 Å². The van der Waals surface area contributed by atoms with Crippen LogP contribution in [0.15, 0.2) is 41.1 Å². The molecular weight excluding hydrogens is 332 g/mol. The average Bonchev–Trinajstić information content (AvgIpc) is 3.15. The Bertz CT molecular complexity index is 894. The first kappa shape index (κ1) is 16.0. The van der Waals surface area contributed by atoms with E-state index in [1.54, 1.807) is 11.3 Å². The Morgan fingerprint density at radius 1 is 1.28 bits per heavy atom. The molecule has 3 aromatic rings. The molecule has 3 heterocycles. The van der Waals surface area contributed by atoms with Crippen molar-refractivity contribution < 1.29 is 4.79 Å². The van der Waals surface area contributed by atoms with E-state index in [4.69, 9.17) is 15.7 Å². The van der Waals surface area contributed by atoms with Gasteiger partial charge >= 0.3 is 0 Å². The lowest BCUT2D eigenvalue weighted by Gasteiger charge is -2.33. The average molecular weight is 352 g/mol. The third-order valence-electron chi connectivity index (χ3n) is 4.67. The first-order chi connectivity index (χ1) is 12.2. The van der Waals surface area contributed by atoms with Crippen LogP contribution in [0.3, 0.4) is 0 Å². The van der Waals surface area contributed by atoms with Crippen LogP contribution in [-0.4, -0.2) is 29.0 Å². The highest BCUT2D eigenvalue weighted by Crippen LogP contribution is 2.31. The van der Waals surface area contributed by atoms with Gasteiger partial charge in [0, 0.05) is 35.8 Å². The molecule has 6 heteroatoms. The number of fused-ring (bicyclic) bond motifs is 1. The number of hydrogen-bond donors (Lipinski definition) is 1. The summed E-state index contributed by atoms with van der Waals surface area (Å²) >= 11 is 1.64. The van der Waals surface area contributed by atoms with Gasteiger partial charge in [-0.1, -0.05) is 12.1 Å². The van der Waals surface area contributed by atoms with Gasteiger partial charge in [0.25, 0.3) is 0 Å². The molecule has 128 valence electrons. The van der Waals surface area contributed by atoms with Gasteiger partial charge < -0.3 is 10.6 Å². The molecular formula is C19H20N4OS. The van der Waals surface area contributed by atoms with E-state index in [0.29, 0.717) is 12.3 Å². The number of thiophene rings is 1. The van der Waals surface area contributed by atoms with E-state index < -0.39 is 0 Å². The first-order valence-electron chi connectivity index (χ1n) is 8.53. The number of nitrogens with two attached hydrogens (primary N) is 1. The van der Waals surface area contributed by atoms with E-state index in [1.807, 2.05) is 29.6 Å². The van der Waals surface area contributed by atoms with Crippen LogP contribution in [0.1, 0.15) is 19.3 Å². The molecule has 1 saturated heterocycles. The molecule has 2 N–H and O–H groups in total. The predicted molar refractivity (Wildman–Crippen MR) is 102 cm³/mol. The number of carbonyl (C=O) groups is 1. The maximum absolute atomic E-state index is 11.3. The minimum absolute atomic E-state index is 0.224. The van der Waals surface area contributed by atoms with Crippen molar-refractivity contribution in [1.29, 1.82) is 0 Å². The van der Waals surface area contributed by atoms with Gasteiger partial charge in [-0.3, -0.25) is 4.79 Å². The maximum atomic E-state index is 11.3. The van der Waals surface area contributed by atoms with Crippen LogP contribution in [0.2, 0.25) is 0 Å². The van der Waals surface area contributed by atoms with Gasteiger partial charge in [0.15, 0.2) is 5.82 Å². The Labute approximate surface area is 150 Å². The van der Waals surface area contributed by atoms with Gasteiger partial charge in [-0.2, -0.15) is 11.3 Å². The molecule has 1 unspecified atom stereocenters. The highest BCUT2D eigenvalue weighted by Gasteiger charge is 2.24. The molecule has 0 bridgehead atoms. The zero-order valence-electron chi connectivity index (χ0n) is 13.9. The molecule has 1 fully saturated rings. The van der Waals surface area contributed by atoms with Gasteiger partial charge in [-0.25, -0.2) is 9.97 Å². The van der Waals surface area contributed by atoms with Crippen molar-refractivity contribution in [3.8, 4) is 11.4 Å². The topological polar surface area (TPSA) is 72.1 Å². The third kappa shape index (κ3) is 3.35. The molecule has 0 spiro atoms. The zero-order valence-corrected chi connectivity index (χ0v) is 14.7. The van der Waals surface area contributed by atoms with Crippen LogP contribution < -0.4 is 10.6 Å².